The summed E-state index contributed by atoms with van der Waals surface area (Å²) < 4.78 is 17.6. The molecule has 0 saturated carbocycles. The van der Waals surface area contributed by atoms with Crippen LogP contribution < -0.4 is 15.7 Å². The zero-order chi connectivity index (χ0) is 19.7. The maximum absolute atomic E-state index is 13.2. The van der Waals surface area contributed by atoms with Crippen LogP contribution in [0.5, 0.6) is 5.75 Å². The van der Waals surface area contributed by atoms with Crippen LogP contribution in [0, 0.1) is 0 Å². The summed E-state index contributed by atoms with van der Waals surface area (Å²) >= 11 is 0. The SMILES string of the molecule is COCCn1c(-c2ccc(OC)cc2)nc2oc3ccccc3c(=O)c2c1=O. The highest BCUT2D eigenvalue weighted by molar-refractivity contribution is 5.88. The van der Waals surface area contributed by atoms with Crippen LogP contribution in [0.3, 0.4) is 0 Å². The van der Waals surface area contributed by atoms with Gasteiger partial charge in [-0.05, 0) is 36.4 Å². The summed E-state index contributed by atoms with van der Waals surface area (Å²) in [5, 5.41) is 0.288. The molecule has 28 heavy (non-hydrogen) atoms. The van der Waals surface area contributed by atoms with Gasteiger partial charge in [0, 0.05) is 12.7 Å². The fourth-order valence-electron chi connectivity index (χ4n) is 3.14. The smallest absolute Gasteiger partial charge is 0.269 e. The number of nitrogens with zero attached hydrogens (tertiary/aromatic N) is 2. The number of fused-ring (bicyclic) bond motifs is 2. The van der Waals surface area contributed by atoms with Gasteiger partial charge in [0.1, 0.15) is 17.2 Å². The Kier molecular flexibility index (Phi) is 4.67. The molecule has 0 spiro atoms. The van der Waals surface area contributed by atoms with Gasteiger partial charge in [-0.25, -0.2) is 0 Å². The quantitative estimate of drug-likeness (QED) is 0.497. The molecule has 2 aromatic carbocycles. The normalized spacial score (nSPS) is 11.2. The highest BCUT2D eigenvalue weighted by Crippen LogP contribution is 2.23. The highest BCUT2D eigenvalue weighted by atomic mass is 16.5. The molecule has 0 N–H and O–H groups in total. The van der Waals surface area contributed by atoms with Crippen LogP contribution in [0.1, 0.15) is 0 Å². The second-order valence-electron chi connectivity index (χ2n) is 6.22. The largest absolute Gasteiger partial charge is 0.497 e. The number of para-hydroxylation sites is 1. The van der Waals surface area contributed by atoms with E-state index in [1.165, 1.54) is 4.57 Å². The summed E-state index contributed by atoms with van der Waals surface area (Å²) in [5.41, 5.74) is 0.274. The van der Waals surface area contributed by atoms with Crippen molar-refractivity contribution in [1.29, 1.82) is 0 Å². The fourth-order valence-corrected chi connectivity index (χ4v) is 3.14. The molecule has 0 bridgehead atoms. The molecule has 0 aliphatic rings. The lowest BCUT2D eigenvalue weighted by Gasteiger charge is -2.13. The van der Waals surface area contributed by atoms with Crippen molar-refractivity contribution in [2.75, 3.05) is 20.8 Å². The maximum Gasteiger partial charge on any atom is 0.269 e. The van der Waals surface area contributed by atoms with Crippen molar-refractivity contribution in [2.45, 2.75) is 6.54 Å². The molecule has 2 aromatic heterocycles. The number of hydrogen-bond donors (Lipinski definition) is 0. The third kappa shape index (κ3) is 2.95. The predicted molar refractivity (Wildman–Crippen MR) is 106 cm³/mol. The van der Waals surface area contributed by atoms with Crippen LogP contribution in [0.15, 0.2) is 62.5 Å². The van der Waals surface area contributed by atoms with Gasteiger partial charge in [0.25, 0.3) is 5.56 Å². The lowest BCUT2D eigenvalue weighted by molar-refractivity contribution is 0.186. The van der Waals surface area contributed by atoms with E-state index < -0.39 is 5.56 Å². The third-order valence-corrected chi connectivity index (χ3v) is 4.57. The first kappa shape index (κ1) is 17.9. The summed E-state index contributed by atoms with van der Waals surface area (Å²) in [6.07, 6.45) is 0. The Hall–Kier alpha value is -3.45. The van der Waals surface area contributed by atoms with Gasteiger partial charge in [0.05, 0.1) is 25.6 Å². The van der Waals surface area contributed by atoms with Crippen LogP contribution >= 0.6 is 0 Å². The summed E-state index contributed by atoms with van der Waals surface area (Å²) in [6.45, 7) is 0.557. The summed E-state index contributed by atoms with van der Waals surface area (Å²) in [4.78, 5) is 30.6. The van der Waals surface area contributed by atoms with Crippen molar-refractivity contribution in [3.63, 3.8) is 0 Å². The van der Waals surface area contributed by atoms with Crippen LogP contribution in [0.4, 0.5) is 0 Å². The Morgan fingerprint density at radius 1 is 1.04 bits per heavy atom. The highest BCUT2D eigenvalue weighted by Gasteiger charge is 2.18. The van der Waals surface area contributed by atoms with E-state index in [-0.39, 0.29) is 23.1 Å². The molecule has 0 aliphatic carbocycles. The molecule has 7 nitrogen and oxygen atoms in total. The Labute approximate surface area is 159 Å². The maximum atomic E-state index is 13.2. The zero-order valence-electron chi connectivity index (χ0n) is 15.5. The third-order valence-electron chi connectivity index (χ3n) is 4.57. The van der Waals surface area contributed by atoms with Gasteiger partial charge in [0.2, 0.25) is 11.1 Å². The zero-order valence-corrected chi connectivity index (χ0v) is 15.5. The standard InChI is InChI=1S/C21H18N2O5/c1-26-12-11-23-19(13-7-9-14(27-2)10-8-13)22-20-17(21(23)25)18(24)15-5-3-4-6-16(15)28-20/h3-10H,11-12H2,1-2H3. The van der Waals surface area contributed by atoms with Crippen molar-refractivity contribution < 1.29 is 13.9 Å². The topological polar surface area (TPSA) is 83.6 Å². The molecule has 0 aliphatic heterocycles. The van der Waals surface area contributed by atoms with Crippen molar-refractivity contribution in [3.8, 4) is 17.1 Å². The molecular weight excluding hydrogens is 360 g/mol. The molecule has 0 fully saturated rings. The lowest BCUT2D eigenvalue weighted by atomic mass is 10.1. The summed E-state index contributed by atoms with van der Waals surface area (Å²) in [5.74, 6) is 1.09. The van der Waals surface area contributed by atoms with Crippen molar-refractivity contribution >= 4 is 22.1 Å². The minimum atomic E-state index is -0.452. The Balaban J connectivity index is 2.06. The summed E-state index contributed by atoms with van der Waals surface area (Å²) in [6, 6.07) is 14.0. The minimum Gasteiger partial charge on any atom is -0.497 e. The molecule has 142 valence electrons. The predicted octanol–water partition coefficient (Wildman–Crippen LogP) is 2.82. The lowest BCUT2D eigenvalue weighted by Crippen LogP contribution is -2.28. The van der Waals surface area contributed by atoms with Gasteiger partial charge in [0.15, 0.2) is 5.39 Å². The summed E-state index contributed by atoms with van der Waals surface area (Å²) in [7, 11) is 3.13. The van der Waals surface area contributed by atoms with Gasteiger partial charge in [-0.3, -0.25) is 14.2 Å². The molecule has 0 unspecified atom stereocenters. The van der Waals surface area contributed by atoms with Gasteiger partial charge in [-0.1, -0.05) is 12.1 Å². The van der Waals surface area contributed by atoms with Gasteiger partial charge in [-0.2, -0.15) is 4.98 Å². The second-order valence-corrected chi connectivity index (χ2v) is 6.22. The van der Waals surface area contributed by atoms with Crippen LogP contribution in [-0.4, -0.2) is 30.4 Å². The van der Waals surface area contributed by atoms with Crippen LogP contribution in [0.2, 0.25) is 0 Å². The molecule has 2 heterocycles. The van der Waals surface area contributed by atoms with E-state index in [0.29, 0.717) is 34.7 Å². The Bertz CT molecular complexity index is 1270. The minimum absolute atomic E-state index is 0.0215. The van der Waals surface area contributed by atoms with E-state index in [9.17, 15) is 9.59 Å². The molecular formula is C21H18N2O5. The monoisotopic (exact) mass is 378 g/mol. The van der Waals surface area contributed by atoms with Crippen molar-refractivity contribution in [3.05, 3.63) is 69.1 Å². The van der Waals surface area contributed by atoms with E-state index in [1.54, 1.807) is 62.8 Å². The first-order valence-electron chi connectivity index (χ1n) is 8.74. The molecule has 7 heteroatoms. The molecule has 0 amide bonds. The van der Waals surface area contributed by atoms with E-state index in [2.05, 4.69) is 4.98 Å². The number of rotatable bonds is 5. The molecule has 0 radical (unpaired) electrons. The number of ether oxygens (including phenoxy) is 2. The Morgan fingerprint density at radius 3 is 2.50 bits per heavy atom. The van der Waals surface area contributed by atoms with Crippen LogP contribution in [-0.2, 0) is 11.3 Å². The van der Waals surface area contributed by atoms with Crippen LogP contribution in [0.25, 0.3) is 33.5 Å². The van der Waals surface area contributed by atoms with Crippen molar-refractivity contribution in [1.82, 2.24) is 9.55 Å². The molecule has 0 atom stereocenters. The molecule has 4 aromatic rings. The van der Waals surface area contributed by atoms with E-state index in [4.69, 9.17) is 13.9 Å². The van der Waals surface area contributed by atoms with E-state index in [1.807, 2.05) is 0 Å². The Morgan fingerprint density at radius 2 is 1.79 bits per heavy atom. The number of benzene rings is 2. The average molecular weight is 378 g/mol. The number of aromatic nitrogens is 2. The molecule has 4 rings (SSSR count). The van der Waals surface area contributed by atoms with Gasteiger partial charge < -0.3 is 13.9 Å². The first-order chi connectivity index (χ1) is 13.6. The van der Waals surface area contributed by atoms with Gasteiger partial charge in [-0.15, -0.1) is 0 Å². The van der Waals surface area contributed by atoms with Crippen molar-refractivity contribution in [2.24, 2.45) is 0 Å². The van der Waals surface area contributed by atoms with Gasteiger partial charge >= 0.3 is 0 Å². The van der Waals surface area contributed by atoms with E-state index >= 15 is 0 Å². The molecule has 0 saturated heterocycles. The average Bonchev–Trinajstić information content (AvgIpc) is 2.73. The first-order valence-corrected chi connectivity index (χ1v) is 8.74. The number of hydrogen-bond acceptors (Lipinski definition) is 6. The number of methoxy groups -OCH3 is 2. The second kappa shape index (κ2) is 7.28. The van der Waals surface area contributed by atoms with E-state index in [0.717, 1.165) is 0 Å². The fraction of sp³-hybridized carbons (Fsp3) is 0.190.